The van der Waals surface area contributed by atoms with Crippen molar-refractivity contribution in [1.29, 1.82) is 0 Å². The SMILES string of the molecule is c1ccc(-c2nc(-c3cccc(-c4nc5c(-c6ccccc6)cccc5c5c4oc4ccccc45)c3)cc(-c3cccc(-n4c5ccccc5c5ccccc54)c3)n2)cc1. The summed E-state index contributed by atoms with van der Waals surface area (Å²) in [5.41, 5.74) is 14.4. The molecule has 0 aliphatic rings. The van der Waals surface area contributed by atoms with E-state index in [4.69, 9.17) is 19.4 Å². The molecule has 8 aromatic carbocycles. The third-order valence-electron chi connectivity index (χ3n) is 11.6. The van der Waals surface area contributed by atoms with Crippen LogP contribution in [-0.2, 0) is 0 Å². The van der Waals surface area contributed by atoms with E-state index in [0.29, 0.717) is 5.82 Å². The van der Waals surface area contributed by atoms with Crippen LogP contribution < -0.4 is 0 Å². The van der Waals surface area contributed by atoms with E-state index < -0.39 is 0 Å². The first kappa shape index (κ1) is 33.9. The monoisotopic (exact) mass is 766 g/mol. The van der Waals surface area contributed by atoms with Crippen LogP contribution in [0.2, 0.25) is 0 Å². The molecule has 4 aromatic heterocycles. The fourth-order valence-corrected chi connectivity index (χ4v) is 8.84. The Kier molecular flexibility index (Phi) is 7.78. The highest BCUT2D eigenvalue weighted by Gasteiger charge is 2.21. The summed E-state index contributed by atoms with van der Waals surface area (Å²) >= 11 is 0. The van der Waals surface area contributed by atoms with E-state index in [-0.39, 0.29) is 0 Å². The van der Waals surface area contributed by atoms with E-state index in [1.807, 2.05) is 36.4 Å². The summed E-state index contributed by atoms with van der Waals surface area (Å²) in [6.07, 6.45) is 0. The number of nitrogens with zero attached hydrogens (tertiary/aromatic N) is 4. The van der Waals surface area contributed by atoms with Gasteiger partial charge in [0, 0.05) is 60.4 Å². The van der Waals surface area contributed by atoms with Crippen molar-refractivity contribution in [2.45, 2.75) is 0 Å². The van der Waals surface area contributed by atoms with E-state index in [1.165, 1.54) is 10.8 Å². The second-order valence-corrected chi connectivity index (χ2v) is 15.2. The highest BCUT2D eigenvalue weighted by atomic mass is 16.3. The van der Waals surface area contributed by atoms with Gasteiger partial charge in [-0.25, -0.2) is 15.0 Å². The number of benzene rings is 8. The Morgan fingerprint density at radius 3 is 1.67 bits per heavy atom. The summed E-state index contributed by atoms with van der Waals surface area (Å²) in [4.78, 5) is 15.9. The standard InChI is InChI=1S/C55H34N4O/c1-3-16-35(17-4-1)41-27-15-28-45-51-44-26-9-12-31-50(44)60-54(51)52(58-53(41)45)39-22-13-20-37(32-39)46-34-47(57-55(56-46)36-18-5-2-6-19-36)38-21-14-23-40(33-38)59-48-29-10-7-24-42(48)43-25-8-11-30-49(43)59/h1-34H. The van der Waals surface area contributed by atoms with Gasteiger partial charge in [-0.1, -0.05) is 164 Å². The Morgan fingerprint density at radius 1 is 0.383 bits per heavy atom. The van der Waals surface area contributed by atoms with Crippen molar-refractivity contribution in [3.05, 3.63) is 206 Å². The van der Waals surface area contributed by atoms with Gasteiger partial charge in [-0.2, -0.15) is 0 Å². The molecule has 0 N–H and O–H groups in total. The number of aromatic nitrogens is 4. The Balaban J connectivity index is 1.05. The molecule has 0 spiro atoms. The smallest absolute Gasteiger partial charge is 0.162 e. The molecule has 5 heteroatoms. The van der Waals surface area contributed by atoms with Gasteiger partial charge in [0.25, 0.3) is 0 Å². The zero-order chi connectivity index (χ0) is 39.6. The normalized spacial score (nSPS) is 11.7. The summed E-state index contributed by atoms with van der Waals surface area (Å²) in [7, 11) is 0. The molecule has 0 aliphatic heterocycles. The maximum absolute atomic E-state index is 6.70. The van der Waals surface area contributed by atoms with Gasteiger partial charge < -0.3 is 8.98 Å². The number of hydrogen-bond acceptors (Lipinski definition) is 4. The van der Waals surface area contributed by atoms with Crippen molar-refractivity contribution in [2.75, 3.05) is 0 Å². The molecule has 0 bridgehead atoms. The maximum Gasteiger partial charge on any atom is 0.162 e. The third kappa shape index (κ3) is 5.52. The van der Waals surface area contributed by atoms with E-state index >= 15 is 0 Å². The predicted molar refractivity (Wildman–Crippen MR) is 246 cm³/mol. The van der Waals surface area contributed by atoms with Gasteiger partial charge in [-0.15, -0.1) is 0 Å². The minimum absolute atomic E-state index is 0.659. The van der Waals surface area contributed by atoms with Gasteiger partial charge in [0.2, 0.25) is 0 Å². The molecule has 0 saturated heterocycles. The first-order chi connectivity index (χ1) is 29.7. The molecule has 0 amide bonds. The molecule has 0 saturated carbocycles. The number of para-hydroxylation sites is 4. The molecule has 280 valence electrons. The average molecular weight is 767 g/mol. The van der Waals surface area contributed by atoms with Crippen LogP contribution in [-0.4, -0.2) is 19.5 Å². The number of rotatable bonds is 6. The van der Waals surface area contributed by atoms with Crippen LogP contribution in [0.1, 0.15) is 0 Å². The van der Waals surface area contributed by atoms with Crippen molar-refractivity contribution in [2.24, 2.45) is 0 Å². The van der Waals surface area contributed by atoms with Crippen molar-refractivity contribution >= 4 is 54.6 Å². The first-order valence-corrected chi connectivity index (χ1v) is 20.2. The van der Waals surface area contributed by atoms with Crippen molar-refractivity contribution in [3.63, 3.8) is 0 Å². The van der Waals surface area contributed by atoms with Gasteiger partial charge >= 0.3 is 0 Å². The number of hydrogen-bond donors (Lipinski definition) is 0. The lowest BCUT2D eigenvalue weighted by Gasteiger charge is -2.13. The zero-order valence-electron chi connectivity index (χ0n) is 32.3. The lowest BCUT2D eigenvalue weighted by atomic mass is 9.97. The zero-order valence-corrected chi connectivity index (χ0v) is 32.3. The molecule has 0 atom stereocenters. The van der Waals surface area contributed by atoms with Gasteiger partial charge in [0.15, 0.2) is 11.4 Å². The Hall–Kier alpha value is -8.15. The molecular formula is C55H34N4O. The van der Waals surface area contributed by atoms with E-state index in [0.717, 1.165) is 100 Å². The van der Waals surface area contributed by atoms with E-state index in [1.54, 1.807) is 0 Å². The highest BCUT2D eigenvalue weighted by molar-refractivity contribution is 6.22. The van der Waals surface area contributed by atoms with Crippen LogP contribution in [0.5, 0.6) is 0 Å². The molecule has 0 radical (unpaired) electrons. The van der Waals surface area contributed by atoms with Crippen molar-refractivity contribution in [3.8, 4) is 62.0 Å². The number of pyridine rings is 1. The fraction of sp³-hybridized carbons (Fsp3) is 0. The van der Waals surface area contributed by atoms with Crippen molar-refractivity contribution in [1.82, 2.24) is 19.5 Å². The van der Waals surface area contributed by atoms with Crippen LogP contribution in [0.25, 0.3) is 117 Å². The molecule has 0 fully saturated rings. The topological polar surface area (TPSA) is 56.7 Å². The van der Waals surface area contributed by atoms with E-state index in [9.17, 15) is 0 Å². The largest absolute Gasteiger partial charge is 0.454 e. The minimum Gasteiger partial charge on any atom is -0.454 e. The summed E-state index contributed by atoms with van der Waals surface area (Å²) in [6.45, 7) is 0. The van der Waals surface area contributed by atoms with Crippen LogP contribution in [0, 0.1) is 0 Å². The molecule has 0 aliphatic carbocycles. The van der Waals surface area contributed by atoms with Crippen LogP contribution in [0.3, 0.4) is 0 Å². The third-order valence-corrected chi connectivity index (χ3v) is 11.6. The van der Waals surface area contributed by atoms with Crippen LogP contribution in [0.15, 0.2) is 211 Å². The second-order valence-electron chi connectivity index (χ2n) is 15.2. The van der Waals surface area contributed by atoms with Gasteiger partial charge in [0.1, 0.15) is 11.3 Å². The van der Waals surface area contributed by atoms with Gasteiger partial charge in [-0.05, 0) is 48.0 Å². The van der Waals surface area contributed by atoms with Gasteiger partial charge in [-0.3, -0.25) is 0 Å². The second kappa shape index (κ2) is 13.8. The highest BCUT2D eigenvalue weighted by Crippen LogP contribution is 2.42. The number of furan rings is 1. The van der Waals surface area contributed by atoms with Crippen LogP contribution >= 0.6 is 0 Å². The molecule has 12 aromatic rings. The first-order valence-electron chi connectivity index (χ1n) is 20.2. The maximum atomic E-state index is 6.70. The molecule has 4 heterocycles. The lowest BCUT2D eigenvalue weighted by molar-refractivity contribution is 0.669. The Labute approximate surface area is 345 Å². The van der Waals surface area contributed by atoms with Crippen molar-refractivity contribution < 1.29 is 4.42 Å². The molecule has 5 nitrogen and oxygen atoms in total. The molecular weight excluding hydrogens is 733 g/mol. The summed E-state index contributed by atoms with van der Waals surface area (Å²) in [6, 6.07) is 71.8. The lowest BCUT2D eigenvalue weighted by Crippen LogP contribution is -1.98. The Bertz CT molecular complexity index is 3550. The summed E-state index contributed by atoms with van der Waals surface area (Å²) in [5, 5.41) is 5.65. The molecule has 60 heavy (non-hydrogen) atoms. The summed E-state index contributed by atoms with van der Waals surface area (Å²) < 4.78 is 9.04. The molecule has 0 unspecified atom stereocenters. The van der Waals surface area contributed by atoms with Gasteiger partial charge in [0.05, 0.1) is 27.9 Å². The summed E-state index contributed by atoms with van der Waals surface area (Å²) in [5.74, 6) is 0.659. The molecule has 12 rings (SSSR count). The average Bonchev–Trinajstić information content (AvgIpc) is 3.88. The Morgan fingerprint density at radius 2 is 0.933 bits per heavy atom. The number of fused-ring (bicyclic) bond motifs is 8. The minimum atomic E-state index is 0.659. The van der Waals surface area contributed by atoms with Crippen LogP contribution in [0.4, 0.5) is 0 Å². The van der Waals surface area contributed by atoms with E-state index in [2.05, 4.69) is 174 Å². The fourth-order valence-electron chi connectivity index (χ4n) is 8.84. The quantitative estimate of drug-likeness (QED) is 0.169. The predicted octanol–water partition coefficient (Wildman–Crippen LogP) is 14.4.